The monoisotopic (exact) mass is 472 g/mol. The van der Waals surface area contributed by atoms with E-state index >= 15 is 0 Å². The van der Waals surface area contributed by atoms with E-state index in [0.29, 0.717) is 48.2 Å². The van der Waals surface area contributed by atoms with Gasteiger partial charge >= 0.3 is 0 Å². The van der Waals surface area contributed by atoms with Crippen molar-refractivity contribution in [1.82, 2.24) is 15.3 Å². The Labute approximate surface area is 200 Å². The van der Waals surface area contributed by atoms with Gasteiger partial charge in [-0.1, -0.05) is 6.07 Å². The van der Waals surface area contributed by atoms with Gasteiger partial charge in [-0.25, -0.2) is 13.8 Å². The number of benzene rings is 3. The average molecular weight is 472 g/mol. The first-order valence-corrected chi connectivity index (χ1v) is 11.3. The number of amides is 1. The third-order valence-electron chi connectivity index (χ3n) is 6.08. The molecule has 5 rings (SSSR count). The minimum Gasteiger partial charge on any atom is -0.353 e. The number of nitrogens with one attached hydrogen (secondary N) is 3. The van der Waals surface area contributed by atoms with Crippen molar-refractivity contribution in [2.24, 2.45) is 0 Å². The smallest absolute Gasteiger partial charge is 0.251 e. The van der Waals surface area contributed by atoms with Crippen LogP contribution in [0.1, 0.15) is 43.1 Å². The standard InChI is InChI=1S/C27H22F2N4O2/c28-19-5-8-25(24(29)13-19)33-20-6-7-22-17(11-20)3-1-16-2-4-18(12-23(16)26(22)34)27(35)31-10-9-21-14-30-15-32-21/h2,4-8,11-15,33H,1,3,9-10H2,(H,30,32)(H,31,35). The van der Waals surface area contributed by atoms with E-state index < -0.39 is 11.6 Å². The second-order valence-electron chi connectivity index (χ2n) is 8.40. The Morgan fingerprint density at radius 3 is 2.63 bits per heavy atom. The van der Waals surface area contributed by atoms with Crippen LogP contribution in [0, 0.1) is 11.6 Å². The number of imidazole rings is 1. The molecule has 8 heteroatoms. The van der Waals surface area contributed by atoms with Crippen LogP contribution in [0.25, 0.3) is 0 Å². The Bertz CT molecular complexity index is 1420. The summed E-state index contributed by atoms with van der Waals surface area (Å²) in [5.41, 5.74) is 4.86. The summed E-state index contributed by atoms with van der Waals surface area (Å²) in [4.78, 5) is 33.0. The van der Waals surface area contributed by atoms with Gasteiger partial charge in [0.1, 0.15) is 11.6 Å². The van der Waals surface area contributed by atoms with E-state index in [9.17, 15) is 18.4 Å². The van der Waals surface area contributed by atoms with Crippen molar-refractivity contribution in [2.75, 3.05) is 11.9 Å². The molecule has 0 bridgehead atoms. The molecule has 0 fully saturated rings. The van der Waals surface area contributed by atoms with E-state index in [1.807, 2.05) is 12.1 Å². The maximum atomic E-state index is 14.0. The molecule has 0 atom stereocenters. The minimum absolute atomic E-state index is 0.151. The van der Waals surface area contributed by atoms with Crippen LogP contribution >= 0.6 is 0 Å². The normalized spacial score (nSPS) is 12.5. The fourth-order valence-electron chi connectivity index (χ4n) is 4.24. The fourth-order valence-corrected chi connectivity index (χ4v) is 4.24. The molecule has 0 aliphatic heterocycles. The van der Waals surface area contributed by atoms with Gasteiger partial charge in [-0.15, -0.1) is 0 Å². The maximum absolute atomic E-state index is 14.0. The summed E-state index contributed by atoms with van der Waals surface area (Å²) in [7, 11) is 0. The molecule has 3 N–H and O–H groups in total. The molecule has 0 saturated heterocycles. The molecule has 1 aliphatic rings. The first kappa shape index (κ1) is 22.5. The molecule has 35 heavy (non-hydrogen) atoms. The number of halogens is 2. The second-order valence-corrected chi connectivity index (χ2v) is 8.40. The molecule has 0 saturated carbocycles. The van der Waals surface area contributed by atoms with E-state index in [1.54, 1.807) is 36.8 Å². The van der Waals surface area contributed by atoms with Gasteiger partial charge in [0.05, 0.1) is 12.0 Å². The van der Waals surface area contributed by atoms with Gasteiger partial charge in [-0.05, 0) is 66.4 Å². The van der Waals surface area contributed by atoms with Gasteiger partial charge in [0, 0.05) is 53.3 Å². The number of H-pyrrole nitrogens is 1. The zero-order valence-corrected chi connectivity index (χ0v) is 18.7. The number of rotatable bonds is 6. The predicted molar refractivity (Wildman–Crippen MR) is 128 cm³/mol. The number of hydrogen-bond acceptors (Lipinski definition) is 4. The van der Waals surface area contributed by atoms with E-state index in [-0.39, 0.29) is 17.4 Å². The van der Waals surface area contributed by atoms with Gasteiger partial charge in [0.2, 0.25) is 0 Å². The van der Waals surface area contributed by atoms with Crippen LogP contribution in [0.2, 0.25) is 0 Å². The Morgan fingerprint density at radius 1 is 0.971 bits per heavy atom. The molecular formula is C27H22F2N4O2. The summed E-state index contributed by atoms with van der Waals surface area (Å²) >= 11 is 0. The average Bonchev–Trinajstić information content (AvgIpc) is 3.33. The van der Waals surface area contributed by atoms with Crippen molar-refractivity contribution in [3.05, 3.63) is 112 Å². The van der Waals surface area contributed by atoms with E-state index in [2.05, 4.69) is 20.6 Å². The molecule has 176 valence electrons. The van der Waals surface area contributed by atoms with Crippen LogP contribution in [0.3, 0.4) is 0 Å². The number of fused-ring (bicyclic) bond motifs is 2. The maximum Gasteiger partial charge on any atom is 0.251 e. The highest BCUT2D eigenvalue weighted by Gasteiger charge is 2.23. The Balaban J connectivity index is 1.34. The van der Waals surface area contributed by atoms with Crippen molar-refractivity contribution in [3.63, 3.8) is 0 Å². The number of aromatic nitrogens is 2. The molecule has 0 radical (unpaired) electrons. The number of carbonyl (C=O) groups excluding carboxylic acids is 2. The number of aryl methyl sites for hydroxylation is 2. The molecular weight excluding hydrogens is 450 g/mol. The molecule has 0 spiro atoms. The van der Waals surface area contributed by atoms with Crippen LogP contribution in [-0.4, -0.2) is 28.2 Å². The van der Waals surface area contributed by atoms with Gasteiger partial charge in [0.15, 0.2) is 5.78 Å². The minimum atomic E-state index is -0.696. The molecule has 1 aliphatic carbocycles. The molecule has 6 nitrogen and oxygen atoms in total. The van der Waals surface area contributed by atoms with Crippen LogP contribution in [0.15, 0.2) is 67.1 Å². The first-order chi connectivity index (χ1) is 17.0. The van der Waals surface area contributed by atoms with Gasteiger partial charge in [0.25, 0.3) is 5.91 Å². The molecule has 1 heterocycles. The largest absolute Gasteiger partial charge is 0.353 e. The summed E-state index contributed by atoms with van der Waals surface area (Å²) in [5.74, 6) is -1.74. The summed E-state index contributed by atoms with van der Waals surface area (Å²) in [6, 6.07) is 13.7. The van der Waals surface area contributed by atoms with Gasteiger partial charge in [-0.2, -0.15) is 0 Å². The lowest BCUT2D eigenvalue weighted by Crippen LogP contribution is -2.26. The highest BCUT2D eigenvalue weighted by molar-refractivity contribution is 6.12. The Kier molecular flexibility index (Phi) is 6.10. The van der Waals surface area contributed by atoms with Crippen LogP contribution in [0.4, 0.5) is 20.2 Å². The highest BCUT2D eigenvalue weighted by Crippen LogP contribution is 2.29. The predicted octanol–water partition coefficient (Wildman–Crippen LogP) is 4.73. The number of carbonyl (C=O) groups is 2. The third kappa shape index (κ3) is 4.82. The van der Waals surface area contributed by atoms with Crippen LogP contribution in [0.5, 0.6) is 0 Å². The number of aromatic amines is 1. The summed E-state index contributed by atoms with van der Waals surface area (Å²) in [6.07, 6.45) is 5.17. The summed E-state index contributed by atoms with van der Waals surface area (Å²) in [6.45, 7) is 0.444. The highest BCUT2D eigenvalue weighted by atomic mass is 19.1. The van der Waals surface area contributed by atoms with Crippen molar-refractivity contribution in [2.45, 2.75) is 19.3 Å². The van der Waals surface area contributed by atoms with Crippen molar-refractivity contribution in [1.29, 1.82) is 0 Å². The number of nitrogens with zero attached hydrogens (tertiary/aromatic N) is 1. The lowest BCUT2D eigenvalue weighted by Gasteiger charge is -2.11. The SMILES string of the molecule is O=C(NCCc1cnc[nH]1)c1ccc2c(c1)C(=O)c1ccc(Nc3ccc(F)cc3F)cc1CC2. The van der Waals surface area contributed by atoms with Crippen LogP contribution in [-0.2, 0) is 19.3 Å². The van der Waals surface area contributed by atoms with Crippen LogP contribution < -0.4 is 10.6 Å². The van der Waals surface area contributed by atoms with E-state index in [0.717, 1.165) is 22.9 Å². The zero-order valence-electron chi connectivity index (χ0n) is 18.7. The molecule has 1 aromatic heterocycles. The lowest BCUT2D eigenvalue weighted by molar-refractivity contribution is 0.0954. The number of ketones is 1. The van der Waals surface area contributed by atoms with Crippen molar-refractivity contribution >= 4 is 23.1 Å². The third-order valence-corrected chi connectivity index (χ3v) is 6.08. The molecule has 1 amide bonds. The molecule has 0 unspecified atom stereocenters. The molecule has 4 aromatic rings. The van der Waals surface area contributed by atoms with E-state index in [4.69, 9.17) is 0 Å². The van der Waals surface area contributed by atoms with Crippen molar-refractivity contribution in [3.8, 4) is 0 Å². The van der Waals surface area contributed by atoms with Crippen molar-refractivity contribution < 1.29 is 18.4 Å². The fraction of sp³-hybridized carbons (Fsp3) is 0.148. The summed E-state index contributed by atoms with van der Waals surface area (Å²) < 4.78 is 27.2. The second kappa shape index (κ2) is 9.50. The lowest BCUT2D eigenvalue weighted by atomic mass is 9.96. The van der Waals surface area contributed by atoms with E-state index in [1.165, 1.54) is 12.1 Å². The van der Waals surface area contributed by atoms with Gasteiger partial charge < -0.3 is 15.6 Å². The van der Waals surface area contributed by atoms with Gasteiger partial charge in [-0.3, -0.25) is 9.59 Å². The first-order valence-electron chi connectivity index (χ1n) is 11.3. The Hall–Kier alpha value is -4.33. The summed E-state index contributed by atoms with van der Waals surface area (Å²) in [5, 5.41) is 5.82. The Morgan fingerprint density at radius 2 is 1.83 bits per heavy atom. The topological polar surface area (TPSA) is 86.9 Å². The molecule has 3 aromatic carbocycles. The quantitative estimate of drug-likeness (QED) is 0.379. The number of anilines is 2. The zero-order chi connectivity index (χ0) is 24.4. The number of hydrogen-bond donors (Lipinski definition) is 3.